The van der Waals surface area contributed by atoms with Crippen LogP contribution in [0.3, 0.4) is 0 Å². The van der Waals surface area contributed by atoms with E-state index in [9.17, 15) is 19.5 Å². The third-order valence-electron chi connectivity index (χ3n) is 9.31. The molecule has 6 atom stereocenters. The summed E-state index contributed by atoms with van der Waals surface area (Å²) in [7, 11) is 1.69. The van der Waals surface area contributed by atoms with Gasteiger partial charge in [-0.05, 0) is 37.0 Å². The van der Waals surface area contributed by atoms with Crippen molar-refractivity contribution in [3.05, 3.63) is 90.5 Å². The highest BCUT2D eigenvalue weighted by Gasteiger charge is 2.79. The minimum atomic E-state index is -1.26. The molecule has 0 aliphatic carbocycles. The molecule has 42 heavy (non-hydrogen) atoms. The summed E-state index contributed by atoms with van der Waals surface area (Å²) in [6.07, 6.45) is 4.72. The summed E-state index contributed by atoms with van der Waals surface area (Å²) in [6, 6.07) is 14.2. The number of carbonyl (C=O) groups excluding carboxylic acids is 3. The molecular formula is C33H38ClN3O5. The number of anilines is 1. The molecular weight excluding hydrogens is 554 g/mol. The third-order valence-corrected chi connectivity index (χ3v) is 9.63. The monoisotopic (exact) mass is 591 g/mol. The standard InChI is InChI=1S/C33H38ClN3O5/c1-5-19-35(4)29(39)26-27-30(40)37(25(21-38)22-13-9-8-10-14-22)28(33(27)18-17-32(26,7-3)42-33)31(41)36(20-6-2)24-16-12-11-15-23(24)34/h5-6,8-16,25-28,38H,1-2,7,17-21H2,3-4H3/t25-,26-,27+,28?,32+,33?/m1/s1. The van der Waals surface area contributed by atoms with Gasteiger partial charge in [0.15, 0.2) is 0 Å². The minimum absolute atomic E-state index is 0.139. The van der Waals surface area contributed by atoms with Crippen molar-refractivity contribution in [3.8, 4) is 0 Å². The molecule has 5 rings (SSSR count). The second kappa shape index (κ2) is 11.7. The lowest BCUT2D eigenvalue weighted by Crippen LogP contribution is -2.57. The number of likely N-dealkylation sites (N-methyl/N-ethyl adjacent to an activating group) is 1. The molecule has 3 saturated heterocycles. The highest BCUT2D eigenvalue weighted by atomic mass is 35.5. The van der Waals surface area contributed by atoms with Crippen molar-refractivity contribution in [2.45, 2.75) is 49.5 Å². The first-order valence-electron chi connectivity index (χ1n) is 14.4. The average Bonchev–Trinajstić information content (AvgIpc) is 3.61. The summed E-state index contributed by atoms with van der Waals surface area (Å²) in [5.41, 5.74) is -0.982. The molecule has 8 nitrogen and oxygen atoms in total. The Morgan fingerprint density at radius 1 is 1.10 bits per heavy atom. The fraction of sp³-hybridized carbons (Fsp3) is 0.424. The summed E-state index contributed by atoms with van der Waals surface area (Å²) >= 11 is 6.58. The lowest BCUT2D eigenvalue weighted by molar-refractivity contribution is -0.153. The van der Waals surface area contributed by atoms with Crippen LogP contribution in [0.4, 0.5) is 5.69 Å². The molecule has 9 heteroatoms. The van der Waals surface area contributed by atoms with Crippen molar-refractivity contribution >= 4 is 35.0 Å². The number of hydrogen-bond donors (Lipinski definition) is 1. The number of amides is 3. The van der Waals surface area contributed by atoms with E-state index in [1.54, 1.807) is 48.4 Å². The molecule has 2 unspecified atom stereocenters. The normalized spacial score (nSPS) is 28.3. The Bertz CT molecular complexity index is 1380. The number of fused-ring (bicyclic) bond motifs is 1. The van der Waals surface area contributed by atoms with Crippen LogP contribution in [0.5, 0.6) is 0 Å². The van der Waals surface area contributed by atoms with Gasteiger partial charge in [0.25, 0.3) is 5.91 Å². The lowest BCUT2D eigenvalue weighted by Gasteiger charge is -2.40. The van der Waals surface area contributed by atoms with Crippen LogP contribution in [0.15, 0.2) is 79.9 Å². The molecule has 3 fully saturated rings. The number of ether oxygens (including phenoxy) is 1. The predicted molar refractivity (Wildman–Crippen MR) is 162 cm³/mol. The highest BCUT2D eigenvalue weighted by Crippen LogP contribution is 2.65. The van der Waals surface area contributed by atoms with E-state index in [0.29, 0.717) is 42.1 Å². The maximum absolute atomic E-state index is 14.9. The number of likely N-dealkylation sites (tertiary alicyclic amines) is 1. The Morgan fingerprint density at radius 3 is 2.38 bits per heavy atom. The molecule has 1 spiro atoms. The summed E-state index contributed by atoms with van der Waals surface area (Å²) in [5, 5.41) is 11.1. The van der Waals surface area contributed by atoms with E-state index in [1.807, 2.05) is 37.3 Å². The zero-order chi connectivity index (χ0) is 30.2. The maximum Gasteiger partial charge on any atom is 0.253 e. The SMILES string of the molecule is C=CCN(C)C(=O)[C@H]1[C@H]2C(=O)N([C@H](CO)c3ccccc3)C(C(=O)N(CC=C)c3ccccc3Cl)C23CC[C@]1(CC)O3. The van der Waals surface area contributed by atoms with Crippen LogP contribution in [-0.2, 0) is 19.1 Å². The van der Waals surface area contributed by atoms with Crippen molar-refractivity contribution < 1.29 is 24.2 Å². The van der Waals surface area contributed by atoms with Crippen molar-refractivity contribution in [1.29, 1.82) is 0 Å². The first kappa shape index (κ1) is 30.0. The fourth-order valence-corrected chi connectivity index (χ4v) is 7.69. The van der Waals surface area contributed by atoms with Gasteiger partial charge in [-0.25, -0.2) is 0 Å². The predicted octanol–water partition coefficient (Wildman–Crippen LogP) is 4.39. The van der Waals surface area contributed by atoms with E-state index in [2.05, 4.69) is 13.2 Å². The van der Waals surface area contributed by atoms with Crippen LogP contribution < -0.4 is 4.90 Å². The Labute approximate surface area is 252 Å². The van der Waals surface area contributed by atoms with Gasteiger partial charge < -0.3 is 24.5 Å². The van der Waals surface area contributed by atoms with Crippen LogP contribution in [0.25, 0.3) is 0 Å². The van der Waals surface area contributed by atoms with Gasteiger partial charge in [0.2, 0.25) is 11.8 Å². The fourth-order valence-electron chi connectivity index (χ4n) is 7.45. The van der Waals surface area contributed by atoms with Crippen molar-refractivity contribution in [2.24, 2.45) is 11.8 Å². The molecule has 3 heterocycles. The smallest absolute Gasteiger partial charge is 0.253 e. The number of para-hydroxylation sites is 1. The minimum Gasteiger partial charge on any atom is -0.394 e. The van der Waals surface area contributed by atoms with Crippen molar-refractivity contribution in [2.75, 3.05) is 31.6 Å². The molecule has 1 N–H and O–H groups in total. The molecule has 3 aliphatic rings. The summed E-state index contributed by atoms with van der Waals surface area (Å²) in [4.78, 5) is 48.2. The number of aliphatic hydroxyl groups is 1. The number of carbonyl (C=O) groups is 3. The molecule has 0 radical (unpaired) electrons. The van der Waals surface area contributed by atoms with Crippen LogP contribution in [-0.4, -0.2) is 76.6 Å². The molecule has 3 aliphatic heterocycles. The van der Waals surface area contributed by atoms with Gasteiger partial charge in [0.1, 0.15) is 11.6 Å². The quantitative estimate of drug-likeness (QED) is 0.392. The number of nitrogens with zero attached hydrogens (tertiary/aromatic N) is 3. The molecule has 2 aromatic rings. The first-order chi connectivity index (χ1) is 20.2. The zero-order valence-electron chi connectivity index (χ0n) is 24.1. The van der Waals surface area contributed by atoms with Gasteiger partial charge in [0.05, 0.1) is 40.8 Å². The van der Waals surface area contributed by atoms with E-state index >= 15 is 0 Å². The van der Waals surface area contributed by atoms with Gasteiger partial charge in [-0.15, -0.1) is 13.2 Å². The van der Waals surface area contributed by atoms with Gasteiger partial charge in [0, 0.05) is 20.1 Å². The molecule has 2 bridgehead atoms. The van der Waals surface area contributed by atoms with Crippen LogP contribution in [0, 0.1) is 11.8 Å². The summed E-state index contributed by atoms with van der Waals surface area (Å²) < 4.78 is 6.92. The Kier molecular flexibility index (Phi) is 8.34. The molecule has 2 aromatic carbocycles. The Morgan fingerprint density at radius 2 is 1.76 bits per heavy atom. The Balaban J connectivity index is 1.70. The zero-order valence-corrected chi connectivity index (χ0v) is 24.9. The second-order valence-corrected chi connectivity index (χ2v) is 11.8. The van der Waals surface area contributed by atoms with Gasteiger partial charge in [-0.2, -0.15) is 0 Å². The van der Waals surface area contributed by atoms with Crippen LogP contribution >= 0.6 is 11.6 Å². The average molecular weight is 592 g/mol. The second-order valence-electron chi connectivity index (χ2n) is 11.4. The van der Waals surface area contributed by atoms with Crippen LogP contribution in [0.1, 0.15) is 37.8 Å². The van der Waals surface area contributed by atoms with E-state index in [0.717, 1.165) is 0 Å². The van der Waals surface area contributed by atoms with Gasteiger partial charge in [-0.1, -0.05) is 73.1 Å². The molecule has 0 saturated carbocycles. The van der Waals surface area contributed by atoms with Gasteiger partial charge in [-0.3, -0.25) is 14.4 Å². The van der Waals surface area contributed by atoms with Crippen LogP contribution in [0.2, 0.25) is 5.02 Å². The molecule has 222 valence electrons. The number of rotatable bonds is 11. The van der Waals surface area contributed by atoms with Crippen molar-refractivity contribution in [3.63, 3.8) is 0 Å². The number of benzene rings is 2. The van der Waals surface area contributed by atoms with E-state index in [1.165, 1.54) is 9.80 Å². The van der Waals surface area contributed by atoms with E-state index in [-0.39, 0.29) is 18.4 Å². The largest absolute Gasteiger partial charge is 0.394 e. The van der Waals surface area contributed by atoms with Crippen molar-refractivity contribution in [1.82, 2.24) is 9.80 Å². The number of aliphatic hydroxyl groups excluding tert-OH is 1. The molecule has 3 amide bonds. The number of hydrogen-bond acceptors (Lipinski definition) is 5. The highest BCUT2D eigenvalue weighted by molar-refractivity contribution is 6.34. The van der Waals surface area contributed by atoms with Gasteiger partial charge >= 0.3 is 0 Å². The summed E-state index contributed by atoms with van der Waals surface area (Å²) in [5.74, 6) is -2.65. The third kappa shape index (κ3) is 4.48. The van der Waals surface area contributed by atoms with E-state index in [4.69, 9.17) is 16.3 Å². The lowest BCUT2D eigenvalue weighted by atomic mass is 9.64. The maximum atomic E-state index is 14.9. The number of halogens is 1. The first-order valence-corrected chi connectivity index (χ1v) is 14.8. The van der Waals surface area contributed by atoms with E-state index < -0.39 is 47.6 Å². The molecule has 0 aromatic heterocycles. The Hall–Kier alpha value is -3.46. The summed E-state index contributed by atoms with van der Waals surface area (Å²) in [6.45, 7) is 9.63. The topological polar surface area (TPSA) is 90.4 Å².